The normalized spacial score (nSPS) is 10.4. The Hall–Kier alpha value is -3.19. The van der Waals surface area contributed by atoms with Gasteiger partial charge < -0.3 is 15.4 Å². The van der Waals surface area contributed by atoms with E-state index >= 15 is 0 Å². The molecule has 150 valence electrons. The van der Waals surface area contributed by atoms with Crippen LogP contribution in [0.5, 0.6) is 5.75 Å². The fraction of sp³-hybridized carbons (Fsp3) is 0.227. The van der Waals surface area contributed by atoms with Crippen LogP contribution in [0.15, 0.2) is 53.9 Å². The van der Waals surface area contributed by atoms with Crippen molar-refractivity contribution in [3.8, 4) is 17.0 Å². The second-order valence-corrected chi connectivity index (χ2v) is 7.41. The van der Waals surface area contributed by atoms with Crippen molar-refractivity contribution in [2.45, 2.75) is 19.8 Å². The number of aryl methyl sites for hydroxylation is 1. The molecule has 2 amide bonds. The third kappa shape index (κ3) is 5.89. The maximum atomic E-state index is 12.2. The van der Waals surface area contributed by atoms with E-state index in [0.29, 0.717) is 11.6 Å². The number of ether oxygens (including phenoxy) is 1. The molecule has 1 heterocycles. The van der Waals surface area contributed by atoms with Crippen molar-refractivity contribution in [3.05, 3.63) is 65.0 Å². The fourth-order valence-electron chi connectivity index (χ4n) is 2.82. The molecular formula is C22H23N3O3S. The second-order valence-electron chi connectivity index (χ2n) is 6.55. The van der Waals surface area contributed by atoms with Gasteiger partial charge in [-0.1, -0.05) is 42.0 Å². The van der Waals surface area contributed by atoms with Crippen molar-refractivity contribution in [3.63, 3.8) is 0 Å². The number of thiazole rings is 1. The molecule has 29 heavy (non-hydrogen) atoms. The first-order chi connectivity index (χ1) is 14.0. The number of benzene rings is 2. The van der Waals surface area contributed by atoms with Gasteiger partial charge in [-0.25, -0.2) is 4.98 Å². The largest absolute Gasteiger partial charge is 0.496 e. The van der Waals surface area contributed by atoms with Crippen molar-refractivity contribution in [1.29, 1.82) is 0 Å². The van der Waals surface area contributed by atoms with E-state index in [0.717, 1.165) is 28.1 Å². The van der Waals surface area contributed by atoms with Crippen molar-refractivity contribution < 1.29 is 14.3 Å². The van der Waals surface area contributed by atoms with Gasteiger partial charge >= 0.3 is 0 Å². The zero-order valence-corrected chi connectivity index (χ0v) is 17.2. The molecule has 2 N–H and O–H groups in total. The van der Waals surface area contributed by atoms with Crippen LogP contribution in [0, 0.1) is 6.92 Å². The van der Waals surface area contributed by atoms with Crippen LogP contribution in [0.3, 0.4) is 0 Å². The molecule has 3 aromatic rings. The minimum absolute atomic E-state index is 0.105. The summed E-state index contributed by atoms with van der Waals surface area (Å²) in [6.45, 7) is 2.28. The highest BCUT2D eigenvalue weighted by molar-refractivity contribution is 7.14. The summed E-state index contributed by atoms with van der Waals surface area (Å²) in [5.74, 6) is 0.439. The number of aromatic nitrogens is 1. The van der Waals surface area contributed by atoms with E-state index in [2.05, 4.69) is 15.6 Å². The Morgan fingerprint density at radius 2 is 1.90 bits per heavy atom. The monoisotopic (exact) mass is 409 g/mol. The smallest absolute Gasteiger partial charge is 0.227 e. The van der Waals surface area contributed by atoms with Crippen molar-refractivity contribution in [2.75, 3.05) is 19.0 Å². The van der Waals surface area contributed by atoms with Crippen molar-refractivity contribution >= 4 is 28.3 Å². The van der Waals surface area contributed by atoms with Gasteiger partial charge in [0.15, 0.2) is 5.13 Å². The zero-order chi connectivity index (χ0) is 20.6. The van der Waals surface area contributed by atoms with E-state index in [9.17, 15) is 9.59 Å². The molecule has 6 nitrogen and oxygen atoms in total. The fourth-order valence-corrected chi connectivity index (χ4v) is 3.54. The molecule has 0 aliphatic heterocycles. The summed E-state index contributed by atoms with van der Waals surface area (Å²) in [6, 6.07) is 15.4. The molecule has 7 heteroatoms. The Morgan fingerprint density at radius 1 is 1.10 bits per heavy atom. The lowest BCUT2D eigenvalue weighted by molar-refractivity contribution is -0.120. The average Bonchev–Trinajstić information content (AvgIpc) is 3.17. The summed E-state index contributed by atoms with van der Waals surface area (Å²) in [7, 11) is 1.62. The number of methoxy groups -OCH3 is 1. The Kier molecular flexibility index (Phi) is 6.97. The second kappa shape index (κ2) is 9.84. The molecule has 0 saturated heterocycles. The number of amides is 2. The zero-order valence-electron chi connectivity index (χ0n) is 16.4. The first kappa shape index (κ1) is 20.5. The summed E-state index contributed by atoms with van der Waals surface area (Å²) < 4.78 is 5.40. The summed E-state index contributed by atoms with van der Waals surface area (Å²) in [6.07, 6.45) is 0.486. The predicted molar refractivity (Wildman–Crippen MR) is 115 cm³/mol. The Bertz CT molecular complexity index is 986. The van der Waals surface area contributed by atoms with Crippen LogP contribution in [-0.2, 0) is 16.0 Å². The molecule has 3 rings (SSSR count). The third-order valence-electron chi connectivity index (χ3n) is 4.26. The SMILES string of the molecule is COc1ccc(C)cc1-c1csc(NC(=O)CCNC(=O)Cc2ccccc2)n1. The molecular weight excluding hydrogens is 386 g/mol. The van der Waals surface area contributed by atoms with Crippen molar-refractivity contribution in [1.82, 2.24) is 10.3 Å². The molecule has 0 aliphatic rings. The summed E-state index contributed by atoms with van der Waals surface area (Å²) in [5.41, 5.74) is 3.68. The molecule has 0 fully saturated rings. The van der Waals surface area contributed by atoms with E-state index in [4.69, 9.17) is 4.74 Å². The van der Waals surface area contributed by atoms with Crippen LogP contribution < -0.4 is 15.4 Å². The lowest BCUT2D eigenvalue weighted by atomic mass is 10.1. The number of hydrogen-bond acceptors (Lipinski definition) is 5. The number of carbonyl (C=O) groups excluding carboxylic acids is 2. The van der Waals surface area contributed by atoms with E-state index in [1.807, 2.05) is 60.8 Å². The van der Waals surface area contributed by atoms with Gasteiger partial charge in [0.05, 0.1) is 19.2 Å². The van der Waals surface area contributed by atoms with E-state index < -0.39 is 0 Å². The van der Waals surface area contributed by atoms with Gasteiger partial charge in [-0.3, -0.25) is 9.59 Å². The Balaban J connectivity index is 1.49. The molecule has 0 unspecified atom stereocenters. The maximum Gasteiger partial charge on any atom is 0.227 e. The average molecular weight is 410 g/mol. The summed E-state index contributed by atoms with van der Waals surface area (Å²) in [4.78, 5) is 28.6. The predicted octanol–water partition coefficient (Wildman–Crippen LogP) is 3.81. The quantitative estimate of drug-likeness (QED) is 0.593. The highest BCUT2D eigenvalue weighted by Gasteiger charge is 2.12. The van der Waals surface area contributed by atoms with Gasteiger partial charge in [-0.2, -0.15) is 0 Å². The maximum absolute atomic E-state index is 12.2. The van der Waals surface area contributed by atoms with Gasteiger partial charge in [0.25, 0.3) is 0 Å². The van der Waals surface area contributed by atoms with Crippen LogP contribution in [-0.4, -0.2) is 30.5 Å². The van der Waals surface area contributed by atoms with Gasteiger partial charge in [0.2, 0.25) is 11.8 Å². The molecule has 0 aliphatic carbocycles. The Labute approximate surface area is 173 Å². The lowest BCUT2D eigenvalue weighted by Crippen LogP contribution is -2.28. The number of nitrogens with zero attached hydrogens (tertiary/aromatic N) is 1. The van der Waals surface area contributed by atoms with Crippen molar-refractivity contribution in [2.24, 2.45) is 0 Å². The van der Waals surface area contributed by atoms with Crippen LogP contribution in [0.1, 0.15) is 17.5 Å². The molecule has 2 aromatic carbocycles. The van der Waals surface area contributed by atoms with Crippen LogP contribution in [0.4, 0.5) is 5.13 Å². The number of hydrogen-bond donors (Lipinski definition) is 2. The molecule has 0 radical (unpaired) electrons. The number of nitrogens with one attached hydrogen (secondary N) is 2. The molecule has 0 atom stereocenters. The first-order valence-corrected chi connectivity index (χ1v) is 10.1. The molecule has 1 aromatic heterocycles. The Morgan fingerprint density at radius 3 is 2.66 bits per heavy atom. The van der Waals surface area contributed by atoms with Gasteiger partial charge in [-0.15, -0.1) is 11.3 Å². The highest BCUT2D eigenvalue weighted by Crippen LogP contribution is 2.32. The van der Waals surface area contributed by atoms with Crippen LogP contribution >= 0.6 is 11.3 Å². The number of anilines is 1. The minimum atomic E-state index is -0.192. The van der Waals surface area contributed by atoms with Gasteiger partial charge in [0, 0.05) is 23.9 Å². The summed E-state index contributed by atoms with van der Waals surface area (Å²) in [5, 5.41) is 7.95. The molecule has 0 spiro atoms. The van der Waals surface area contributed by atoms with Gasteiger partial charge in [0.1, 0.15) is 5.75 Å². The molecule has 0 saturated carbocycles. The lowest BCUT2D eigenvalue weighted by Gasteiger charge is -2.07. The molecule has 0 bridgehead atoms. The standard InChI is InChI=1S/C22H23N3O3S/c1-15-8-9-19(28-2)17(12-15)18-14-29-22(24-18)25-20(26)10-11-23-21(27)13-16-6-4-3-5-7-16/h3-9,12,14H,10-11,13H2,1-2H3,(H,23,27)(H,24,25,26). The third-order valence-corrected chi connectivity index (χ3v) is 5.02. The number of rotatable bonds is 8. The number of carbonyl (C=O) groups is 2. The van der Waals surface area contributed by atoms with E-state index in [1.165, 1.54) is 11.3 Å². The van der Waals surface area contributed by atoms with E-state index in [-0.39, 0.29) is 24.8 Å². The summed E-state index contributed by atoms with van der Waals surface area (Å²) >= 11 is 1.35. The van der Waals surface area contributed by atoms with Gasteiger partial charge in [-0.05, 0) is 24.6 Å². The minimum Gasteiger partial charge on any atom is -0.496 e. The van der Waals surface area contributed by atoms with Crippen LogP contribution in [0.25, 0.3) is 11.3 Å². The van der Waals surface area contributed by atoms with E-state index in [1.54, 1.807) is 7.11 Å². The highest BCUT2D eigenvalue weighted by atomic mass is 32.1. The first-order valence-electron chi connectivity index (χ1n) is 9.26. The van der Waals surface area contributed by atoms with Crippen LogP contribution in [0.2, 0.25) is 0 Å². The topological polar surface area (TPSA) is 80.3 Å².